The third kappa shape index (κ3) is 2.46. The molecular weight excluding hydrogens is 246 g/mol. The van der Waals surface area contributed by atoms with E-state index in [2.05, 4.69) is 43.1 Å². The SMILES string of the molecule is Cc1ccc(C)c(-c2cc(C)nc(C3CC(N)C3)n2)c1. The highest BCUT2D eigenvalue weighted by Crippen LogP contribution is 2.35. The summed E-state index contributed by atoms with van der Waals surface area (Å²) in [6.45, 7) is 6.28. The molecule has 20 heavy (non-hydrogen) atoms. The molecule has 104 valence electrons. The normalized spacial score (nSPS) is 21.6. The quantitative estimate of drug-likeness (QED) is 0.908. The minimum atomic E-state index is 0.327. The molecule has 1 saturated carbocycles. The molecule has 0 saturated heterocycles. The number of aryl methyl sites for hydroxylation is 3. The van der Waals surface area contributed by atoms with Crippen LogP contribution >= 0.6 is 0 Å². The van der Waals surface area contributed by atoms with Gasteiger partial charge in [-0.15, -0.1) is 0 Å². The monoisotopic (exact) mass is 267 g/mol. The molecule has 0 radical (unpaired) electrons. The molecule has 0 amide bonds. The lowest BCUT2D eigenvalue weighted by Gasteiger charge is -2.31. The topological polar surface area (TPSA) is 51.8 Å². The van der Waals surface area contributed by atoms with Crippen LogP contribution in [0.25, 0.3) is 11.3 Å². The summed E-state index contributed by atoms with van der Waals surface area (Å²) in [6.07, 6.45) is 2.02. The van der Waals surface area contributed by atoms with Gasteiger partial charge in [-0.25, -0.2) is 9.97 Å². The minimum Gasteiger partial charge on any atom is -0.328 e. The molecule has 2 aromatic rings. The lowest BCUT2D eigenvalue weighted by molar-refractivity contribution is 0.338. The van der Waals surface area contributed by atoms with E-state index in [9.17, 15) is 0 Å². The van der Waals surface area contributed by atoms with Gasteiger partial charge in [0.25, 0.3) is 0 Å². The zero-order valence-corrected chi connectivity index (χ0v) is 12.4. The van der Waals surface area contributed by atoms with Crippen molar-refractivity contribution in [3.05, 3.63) is 46.9 Å². The van der Waals surface area contributed by atoms with E-state index >= 15 is 0 Å². The van der Waals surface area contributed by atoms with Crippen molar-refractivity contribution in [1.29, 1.82) is 0 Å². The van der Waals surface area contributed by atoms with Gasteiger partial charge in [-0.05, 0) is 51.3 Å². The van der Waals surface area contributed by atoms with Crippen LogP contribution in [0.15, 0.2) is 24.3 Å². The van der Waals surface area contributed by atoms with Crippen LogP contribution in [0.1, 0.15) is 41.4 Å². The van der Waals surface area contributed by atoms with Crippen molar-refractivity contribution < 1.29 is 0 Å². The van der Waals surface area contributed by atoms with Crippen LogP contribution in [0, 0.1) is 20.8 Å². The van der Waals surface area contributed by atoms with Crippen molar-refractivity contribution in [2.45, 2.75) is 45.6 Å². The molecule has 0 atom stereocenters. The smallest absolute Gasteiger partial charge is 0.132 e. The van der Waals surface area contributed by atoms with Crippen LogP contribution in [-0.4, -0.2) is 16.0 Å². The molecule has 1 aliphatic carbocycles. The van der Waals surface area contributed by atoms with E-state index in [1.807, 2.05) is 6.92 Å². The van der Waals surface area contributed by atoms with Gasteiger partial charge in [-0.2, -0.15) is 0 Å². The van der Waals surface area contributed by atoms with Crippen LogP contribution in [0.4, 0.5) is 0 Å². The maximum Gasteiger partial charge on any atom is 0.132 e. The second kappa shape index (κ2) is 4.98. The van der Waals surface area contributed by atoms with Crippen molar-refractivity contribution in [3.8, 4) is 11.3 Å². The van der Waals surface area contributed by atoms with E-state index in [1.165, 1.54) is 16.7 Å². The summed E-state index contributed by atoms with van der Waals surface area (Å²) in [5.41, 5.74) is 11.7. The first-order valence-corrected chi connectivity index (χ1v) is 7.21. The van der Waals surface area contributed by atoms with Gasteiger partial charge in [0.05, 0.1) is 5.69 Å². The molecular formula is C17H21N3. The molecule has 1 fully saturated rings. The predicted molar refractivity (Wildman–Crippen MR) is 81.6 cm³/mol. The summed E-state index contributed by atoms with van der Waals surface area (Å²) in [7, 11) is 0. The van der Waals surface area contributed by atoms with Crippen molar-refractivity contribution in [2.75, 3.05) is 0 Å². The number of hydrogen-bond donors (Lipinski definition) is 1. The highest BCUT2D eigenvalue weighted by Gasteiger charge is 2.30. The largest absolute Gasteiger partial charge is 0.328 e. The first kappa shape index (κ1) is 13.3. The molecule has 3 rings (SSSR count). The third-order valence-electron chi connectivity index (χ3n) is 4.08. The van der Waals surface area contributed by atoms with Gasteiger partial charge in [0.15, 0.2) is 0 Å². The first-order valence-electron chi connectivity index (χ1n) is 7.21. The number of hydrogen-bond acceptors (Lipinski definition) is 3. The number of benzene rings is 1. The standard InChI is InChI=1S/C17H21N3/c1-10-4-5-11(2)15(6-10)16-7-12(3)19-17(20-16)13-8-14(18)9-13/h4-7,13-14H,8-9,18H2,1-3H3. The van der Waals surface area contributed by atoms with Gasteiger partial charge < -0.3 is 5.73 Å². The number of nitrogens with two attached hydrogens (primary N) is 1. The zero-order valence-electron chi connectivity index (χ0n) is 12.4. The van der Waals surface area contributed by atoms with Crippen molar-refractivity contribution in [3.63, 3.8) is 0 Å². The van der Waals surface area contributed by atoms with Crippen LogP contribution in [0.2, 0.25) is 0 Å². The average molecular weight is 267 g/mol. The molecule has 0 bridgehead atoms. The average Bonchev–Trinajstić information content (AvgIpc) is 2.37. The Bertz CT molecular complexity index is 643. The number of rotatable bonds is 2. The van der Waals surface area contributed by atoms with E-state index < -0.39 is 0 Å². The maximum absolute atomic E-state index is 5.88. The molecule has 1 aromatic heterocycles. The van der Waals surface area contributed by atoms with E-state index in [4.69, 9.17) is 10.7 Å². The van der Waals surface area contributed by atoms with Crippen LogP contribution < -0.4 is 5.73 Å². The predicted octanol–water partition coefficient (Wildman–Crippen LogP) is 3.27. The van der Waals surface area contributed by atoms with Crippen LogP contribution in [0.5, 0.6) is 0 Å². The van der Waals surface area contributed by atoms with Gasteiger partial charge in [0.1, 0.15) is 5.82 Å². The summed E-state index contributed by atoms with van der Waals surface area (Å²) >= 11 is 0. The number of aromatic nitrogens is 2. The summed E-state index contributed by atoms with van der Waals surface area (Å²) in [5, 5.41) is 0. The maximum atomic E-state index is 5.88. The summed E-state index contributed by atoms with van der Waals surface area (Å²) in [4.78, 5) is 9.40. The van der Waals surface area contributed by atoms with Gasteiger partial charge in [-0.3, -0.25) is 0 Å². The van der Waals surface area contributed by atoms with E-state index in [0.29, 0.717) is 12.0 Å². The molecule has 1 aromatic carbocycles. The molecule has 0 aliphatic heterocycles. The Morgan fingerprint density at radius 2 is 1.80 bits per heavy atom. The van der Waals surface area contributed by atoms with Gasteiger partial charge >= 0.3 is 0 Å². The lowest BCUT2D eigenvalue weighted by atomic mass is 9.80. The fourth-order valence-corrected chi connectivity index (χ4v) is 2.80. The lowest BCUT2D eigenvalue weighted by Crippen LogP contribution is -2.35. The van der Waals surface area contributed by atoms with Crippen LogP contribution in [-0.2, 0) is 0 Å². The van der Waals surface area contributed by atoms with Gasteiger partial charge in [0, 0.05) is 23.2 Å². The fourth-order valence-electron chi connectivity index (χ4n) is 2.80. The molecule has 0 unspecified atom stereocenters. The second-order valence-corrected chi connectivity index (χ2v) is 6.00. The van der Waals surface area contributed by atoms with Crippen molar-refractivity contribution >= 4 is 0 Å². The Balaban J connectivity index is 2.03. The Kier molecular flexibility index (Phi) is 3.30. The zero-order chi connectivity index (χ0) is 14.3. The molecule has 0 spiro atoms. The van der Waals surface area contributed by atoms with Crippen molar-refractivity contribution in [1.82, 2.24) is 9.97 Å². The Labute approximate surface area is 120 Å². The fraction of sp³-hybridized carbons (Fsp3) is 0.412. The van der Waals surface area contributed by atoms with Gasteiger partial charge in [-0.1, -0.05) is 17.7 Å². The van der Waals surface area contributed by atoms with E-state index in [1.54, 1.807) is 0 Å². The highest BCUT2D eigenvalue weighted by molar-refractivity contribution is 5.64. The summed E-state index contributed by atoms with van der Waals surface area (Å²) in [6, 6.07) is 8.89. The van der Waals surface area contributed by atoms with Crippen LogP contribution in [0.3, 0.4) is 0 Å². The molecule has 1 aliphatic rings. The number of nitrogens with zero attached hydrogens (tertiary/aromatic N) is 2. The van der Waals surface area contributed by atoms with E-state index in [-0.39, 0.29) is 0 Å². The van der Waals surface area contributed by atoms with E-state index in [0.717, 1.165) is 30.1 Å². The summed E-state index contributed by atoms with van der Waals surface area (Å²) in [5.74, 6) is 1.40. The summed E-state index contributed by atoms with van der Waals surface area (Å²) < 4.78 is 0. The highest BCUT2D eigenvalue weighted by atomic mass is 14.9. The van der Waals surface area contributed by atoms with Crippen molar-refractivity contribution in [2.24, 2.45) is 5.73 Å². The Morgan fingerprint density at radius 1 is 1.05 bits per heavy atom. The first-order chi connectivity index (χ1) is 9.52. The van der Waals surface area contributed by atoms with Gasteiger partial charge in [0.2, 0.25) is 0 Å². The molecule has 2 N–H and O–H groups in total. The second-order valence-electron chi connectivity index (χ2n) is 6.00. The third-order valence-corrected chi connectivity index (χ3v) is 4.08. The Hall–Kier alpha value is -1.74. The Morgan fingerprint density at radius 3 is 2.50 bits per heavy atom. The molecule has 3 nitrogen and oxygen atoms in total. The molecule has 1 heterocycles. The molecule has 3 heteroatoms. The minimum absolute atomic E-state index is 0.327.